The number of nitrogens with zero attached hydrogens (tertiary/aromatic N) is 4. The molecular formula is C51H38N4. The highest BCUT2D eigenvalue weighted by molar-refractivity contribution is 5.93. The highest BCUT2D eigenvalue weighted by atomic mass is 15.1. The molecule has 0 spiro atoms. The molecule has 1 aliphatic rings. The molecule has 9 rings (SSSR count). The van der Waals surface area contributed by atoms with E-state index >= 15 is 0 Å². The van der Waals surface area contributed by atoms with E-state index in [0.717, 1.165) is 44.9 Å². The first-order valence-corrected chi connectivity index (χ1v) is 18.7. The number of hydrogen-bond acceptors (Lipinski definition) is 2. The standard InChI is InChI=1S/C51H38N4/c1-51(35-53-54-52)49-25-15-14-24-45(49)46-31-28-42(34-50(46)51)55(40-26-29-43(36-16-6-2-7-17-36)47(32-40)38-20-10-4-11-21-38)41-27-30-44(37-18-8-3-9-19-37)48(33-41)39-22-12-5-13-23-39/h2-34H,35H2,1H3. The molecule has 0 amide bonds. The van der Waals surface area contributed by atoms with Crippen LogP contribution in [0.15, 0.2) is 205 Å². The fraction of sp³-hybridized carbons (Fsp3) is 0.0588. The summed E-state index contributed by atoms with van der Waals surface area (Å²) in [6.45, 7) is 2.52. The Labute approximate surface area is 322 Å². The number of hydrogen-bond donors (Lipinski definition) is 0. The number of benzene rings is 8. The Hall–Kier alpha value is -7.13. The monoisotopic (exact) mass is 706 g/mol. The molecule has 1 atom stereocenters. The molecule has 0 fully saturated rings. The predicted octanol–water partition coefficient (Wildman–Crippen LogP) is 14.4. The minimum absolute atomic E-state index is 0.324. The van der Waals surface area contributed by atoms with Gasteiger partial charge in [0, 0.05) is 33.9 Å². The van der Waals surface area contributed by atoms with Gasteiger partial charge in [0.2, 0.25) is 0 Å². The van der Waals surface area contributed by atoms with Crippen LogP contribution < -0.4 is 4.90 Å². The van der Waals surface area contributed by atoms with Crippen molar-refractivity contribution in [1.82, 2.24) is 0 Å². The Balaban J connectivity index is 1.30. The zero-order valence-corrected chi connectivity index (χ0v) is 30.5. The number of fused-ring (bicyclic) bond motifs is 3. The van der Waals surface area contributed by atoms with Crippen LogP contribution in [-0.4, -0.2) is 6.54 Å². The normalized spacial score (nSPS) is 14.1. The lowest BCUT2D eigenvalue weighted by Gasteiger charge is -2.30. The summed E-state index contributed by atoms with van der Waals surface area (Å²) in [4.78, 5) is 5.58. The molecule has 4 nitrogen and oxygen atoms in total. The maximum atomic E-state index is 9.48. The Kier molecular flexibility index (Phi) is 8.80. The first-order chi connectivity index (χ1) is 27.1. The second kappa shape index (κ2) is 14.4. The van der Waals surface area contributed by atoms with E-state index in [1.807, 2.05) is 0 Å². The van der Waals surface area contributed by atoms with Gasteiger partial charge in [0.25, 0.3) is 0 Å². The van der Waals surface area contributed by atoms with Gasteiger partial charge in [-0.3, -0.25) is 0 Å². The van der Waals surface area contributed by atoms with Crippen molar-refractivity contribution in [3.63, 3.8) is 0 Å². The van der Waals surface area contributed by atoms with E-state index in [4.69, 9.17) is 0 Å². The fourth-order valence-corrected chi connectivity index (χ4v) is 8.29. The Bertz CT molecular complexity index is 2560. The van der Waals surface area contributed by atoms with Crippen molar-refractivity contribution < 1.29 is 0 Å². The third-order valence-corrected chi connectivity index (χ3v) is 11.0. The van der Waals surface area contributed by atoms with Gasteiger partial charge in [0.1, 0.15) is 0 Å². The molecule has 8 aromatic rings. The summed E-state index contributed by atoms with van der Waals surface area (Å²) in [5.74, 6) is 0. The maximum Gasteiger partial charge on any atom is 0.0468 e. The highest BCUT2D eigenvalue weighted by Crippen LogP contribution is 2.52. The topological polar surface area (TPSA) is 52.0 Å². The molecule has 0 N–H and O–H groups in total. The number of anilines is 3. The van der Waals surface area contributed by atoms with E-state index in [0.29, 0.717) is 6.54 Å². The molecule has 0 heterocycles. The van der Waals surface area contributed by atoms with Crippen LogP contribution in [0.2, 0.25) is 0 Å². The van der Waals surface area contributed by atoms with Gasteiger partial charge < -0.3 is 4.90 Å². The van der Waals surface area contributed by atoms with Crippen molar-refractivity contribution in [1.29, 1.82) is 0 Å². The molecule has 55 heavy (non-hydrogen) atoms. The third-order valence-electron chi connectivity index (χ3n) is 11.0. The van der Waals surface area contributed by atoms with E-state index in [9.17, 15) is 5.53 Å². The van der Waals surface area contributed by atoms with E-state index in [-0.39, 0.29) is 0 Å². The summed E-state index contributed by atoms with van der Waals surface area (Å²) in [6, 6.07) is 71.4. The first kappa shape index (κ1) is 33.7. The minimum Gasteiger partial charge on any atom is -0.310 e. The molecule has 0 aliphatic heterocycles. The molecule has 4 heteroatoms. The van der Waals surface area contributed by atoms with Gasteiger partial charge in [-0.1, -0.05) is 176 Å². The van der Waals surface area contributed by atoms with Gasteiger partial charge in [0.15, 0.2) is 0 Å². The van der Waals surface area contributed by atoms with Crippen molar-refractivity contribution in [2.75, 3.05) is 11.4 Å². The summed E-state index contributed by atoms with van der Waals surface area (Å²) in [6.07, 6.45) is 0. The predicted molar refractivity (Wildman–Crippen MR) is 229 cm³/mol. The Morgan fingerprint density at radius 3 is 1.27 bits per heavy atom. The molecule has 0 radical (unpaired) electrons. The van der Waals surface area contributed by atoms with Gasteiger partial charge in [-0.25, -0.2) is 0 Å². The van der Waals surface area contributed by atoms with Gasteiger partial charge in [-0.15, -0.1) is 0 Å². The lowest BCUT2D eigenvalue weighted by Crippen LogP contribution is -2.24. The highest BCUT2D eigenvalue weighted by Gasteiger charge is 2.39. The molecule has 1 unspecified atom stereocenters. The van der Waals surface area contributed by atoms with Crippen LogP contribution in [0, 0.1) is 0 Å². The van der Waals surface area contributed by atoms with Crippen LogP contribution in [0.5, 0.6) is 0 Å². The van der Waals surface area contributed by atoms with Crippen LogP contribution in [0.1, 0.15) is 18.1 Å². The molecule has 0 saturated heterocycles. The average Bonchev–Trinajstić information content (AvgIpc) is 3.51. The average molecular weight is 707 g/mol. The van der Waals surface area contributed by atoms with Crippen LogP contribution in [0.4, 0.5) is 17.1 Å². The second-order valence-corrected chi connectivity index (χ2v) is 14.3. The zero-order valence-electron chi connectivity index (χ0n) is 30.5. The summed E-state index contributed by atoms with van der Waals surface area (Å²) in [5.41, 5.74) is 26.1. The van der Waals surface area contributed by atoms with E-state index < -0.39 is 5.41 Å². The maximum absolute atomic E-state index is 9.48. The lowest BCUT2D eigenvalue weighted by molar-refractivity contribution is 0.598. The van der Waals surface area contributed by atoms with Gasteiger partial charge in [0.05, 0.1) is 0 Å². The molecular weight excluding hydrogens is 669 g/mol. The fourth-order valence-electron chi connectivity index (χ4n) is 8.29. The lowest BCUT2D eigenvalue weighted by atomic mass is 9.80. The van der Waals surface area contributed by atoms with E-state index in [1.165, 1.54) is 38.9 Å². The van der Waals surface area contributed by atoms with Crippen molar-refractivity contribution in [3.8, 4) is 55.6 Å². The molecule has 8 aromatic carbocycles. The van der Waals surface area contributed by atoms with Crippen molar-refractivity contribution in [2.45, 2.75) is 12.3 Å². The van der Waals surface area contributed by atoms with Gasteiger partial charge >= 0.3 is 0 Å². The van der Waals surface area contributed by atoms with Crippen molar-refractivity contribution in [2.24, 2.45) is 5.11 Å². The summed E-state index contributed by atoms with van der Waals surface area (Å²) >= 11 is 0. The Morgan fingerprint density at radius 1 is 0.418 bits per heavy atom. The molecule has 1 aliphatic carbocycles. The zero-order chi connectivity index (χ0) is 37.2. The smallest absolute Gasteiger partial charge is 0.0468 e. The quantitative estimate of drug-likeness (QED) is 0.0837. The SMILES string of the molecule is CC1(CN=[N+]=[N-])c2ccccc2-c2ccc(N(c3ccc(-c4ccccc4)c(-c4ccccc4)c3)c3ccc(-c4ccccc4)c(-c4ccccc4)c3)cc21. The molecule has 0 bridgehead atoms. The van der Waals surface area contributed by atoms with E-state index in [1.54, 1.807) is 0 Å². The van der Waals surface area contributed by atoms with Gasteiger partial charge in [-0.05, 0) is 109 Å². The van der Waals surface area contributed by atoms with Crippen LogP contribution in [-0.2, 0) is 5.41 Å². The molecule has 262 valence electrons. The Morgan fingerprint density at radius 2 is 0.800 bits per heavy atom. The molecule has 0 aromatic heterocycles. The minimum atomic E-state index is -0.488. The number of rotatable bonds is 9. The van der Waals surface area contributed by atoms with Crippen LogP contribution in [0.25, 0.3) is 66.1 Å². The van der Waals surface area contributed by atoms with Crippen molar-refractivity contribution >= 4 is 17.1 Å². The van der Waals surface area contributed by atoms with Gasteiger partial charge in [-0.2, -0.15) is 0 Å². The van der Waals surface area contributed by atoms with Crippen molar-refractivity contribution in [3.05, 3.63) is 222 Å². The van der Waals surface area contributed by atoms with E-state index in [2.05, 4.69) is 222 Å². The second-order valence-electron chi connectivity index (χ2n) is 14.3. The third kappa shape index (κ3) is 6.15. The first-order valence-electron chi connectivity index (χ1n) is 18.7. The van der Waals surface area contributed by atoms with Crippen LogP contribution >= 0.6 is 0 Å². The largest absolute Gasteiger partial charge is 0.310 e. The summed E-state index contributed by atoms with van der Waals surface area (Å²) in [5, 5.41) is 4.15. The molecule has 0 saturated carbocycles. The number of azide groups is 1. The van der Waals surface area contributed by atoms with Crippen LogP contribution in [0.3, 0.4) is 0 Å². The summed E-state index contributed by atoms with van der Waals surface area (Å²) in [7, 11) is 0. The summed E-state index contributed by atoms with van der Waals surface area (Å²) < 4.78 is 0.